The summed E-state index contributed by atoms with van der Waals surface area (Å²) in [5.41, 5.74) is 3.44. The molecule has 1 atom stereocenters. The minimum absolute atomic E-state index is 0.00702. The van der Waals surface area contributed by atoms with Gasteiger partial charge in [-0.1, -0.05) is 24.6 Å². The largest absolute Gasteiger partial charge is 0.491 e. The molecular weight excluding hydrogens is 400 g/mol. The fourth-order valence-corrected chi connectivity index (χ4v) is 5.11. The number of aryl methyl sites for hydroxylation is 3. The Kier molecular flexibility index (Phi) is 7.19. The molecule has 0 aliphatic carbocycles. The van der Waals surface area contributed by atoms with Gasteiger partial charge in [-0.3, -0.25) is 14.4 Å². The number of likely N-dealkylation sites (tertiary alicyclic amines) is 1. The smallest absolute Gasteiger partial charge is 0.226 e. The van der Waals surface area contributed by atoms with Crippen LogP contribution in [0.3, 0.4) is 0 Å². The third-order valence-corrected chi connectivity index (χ3v) is 7.25. The Hall–Kier alpha value is -2.34. The number of ether oxygens (including phenoxy) is 1. The number of carbonyl (C=O) groups excluding carboxylic acids is 1. The zero-order chi connectivity index (χ0) is 22.6. The third kappa shape index (κ3) is 5.17. The van der Waals surface area contributed by atoms with E-state index in [4.69, 9.17) is 4.74 Å². The molecule has 4 rings (SSSR count). The van der Waals surface area contributed by atoms with Gasteiger partial charge in [-0.05, 0) is 77.6 Å². The van der Waals surface area contributed by atoms with Gasteiger partial charge in [0.2, 0.25) is 5.91 Å². The summed E-state index contributed by atoms with van der Waals surface area (Å²) in [6.07, 6.45) is 8.14. The van der Waals surface area contributed by atoms with Crippen molar-refractivity contribution in [2.45, 2.75) is 78.4 Å². The van der Waals surface area contributed by atoms with Crippen molar-refractivity contribution in [1.82, 2.24) is 20.0 Å². The van der Waals surface area contributed by atoms with Gasteiger partial charge in [0.1, 0.15) is 12.4 Å². The number of hydrogen-bond acceptors (Lipinski definition) is 4. The van der Waals surface area contributed by atoms with Crippen molar-refractivity contribution in [2.75, 3.05) is 19.7 Å². The van der Waals surface area contributed by atoms with Crippen LogP contribution in [0.4, 0.5) is 0 Å². The molecule has 1 N–H and O–H groups in total. The predicted octanol–water partition coefficient (Wildman–Crippen LogP) is 4.10. The van der Waals surface area contributed by atoms with Crippen LogP contribution in [0.5, 0.6) is 5.75 Å². The molecule has 6 nitrogen and oxygen atoms in total. The van der Waals surface area contributed by atoms with E-state index in [2.05, 4.69) is 47.5 Å². The molecule has 3 heterocycles. The number of benzene rings is 1. The lowest BCUT2D eigenvalue weighted by Crippen LogP contribution is -2.51. The minimum atomic E-state index is -0.258. The Bertz CT molecular complexity index is 914. The lowest BCUT2D eigenvalue weighted by atomic mass is 9.73. The Morgan fingerprint density at radius 2 is 1.97 bits per heavy atom. The number of amides is 1. The zero-order valence-electron chi connectivity index (χ0n) is 19.9. The highest BCUT2D eigenvalue weighted by Crippen LogP contribution is 2.38. The Labute approximate surface area is 192 Å². The fourth-order valence-electron chi connectivity index (χ4n) is 5.11. The highest BCUT2D eigenvalue weighted by atomic mass is 16.5. The predicted molar refractivity (Wildman–Crippen MR) is 127 cm³/mol. The van der Waals surface area contributed by atoms with E-state index < -0.39 is 0 Å². The van der Waals surface area contributed by atoms with E-state index in [9.17, 15) is 4.79 Å². The highest BCUT2D eigenvalue weighted by Gasteiger charge is 2.41. The van der Waals surface area contributed by atoms with Crippen molar-refractivity contribution in [2.24, 2.45) is 5.41 Å². The topological polar surface area (TPSA) is 59.4 Å². The molecule has 0 unspecified atom stereocenters. The van der Waals surface area contributed by atoms with E-state index in [-0.39, 0.29) is 17.4 Å². The first-order valence-electron chi connectivity index (χ1n) is 12.3. The first-order valence-corrected chi connectivity index (χ1v) is 12.3. The molecule has 0 saturated carbocycles. The second kappa shape index (κ2) is 10.1. The molecule has 174 valence electrons. The Morgan fingerprint density at radius 3 is 2.72 bits per heavy atom. The van der Waals surface area contributed by atoms with Gasteiger partial charge in [0.25, 0.3) is 0 Å². The van der Waals surface area contributed by atoms with Crippen molar-refractivity contribution in [1.29, 1.82) is 0 Å². The summed E-state index contributed by atoms with van der Waals surface area (Å²) in [5.74, 6) is 1.18. The maximum atomic E-state index is 13.4. The number of hydrogen-bond donors (Lipinski definition) is 1. The summed E-state index contributed by atoms with van der Waals surface area (Å²) in [4.78, 5) is 15.9. The minimum Gasteiger partial charge on any atom is -0.491 e. The van der Waals surface area contributed by atoms with Crippen LogP contribution in [0.1, 0.15) is 62.8 Å². The van der Waals surface area contributed by atoms with E-state index in [0.717, 1.165) is 76.1 Å². The molecule has 2 aliphatic heterocycles. The molecule has 1 amide bonds. The van der Waals surface area contributed by atoms with Gasteiger partial charge in [0.05, 0.1) is 17.2 Å². The molecule has 32 heavy (non-hydrogen) atoms. The van der Waals surface area contributed by atoms with Crippen LogP contribution in [0.2, 0.25) is 0 Å². The number of piperidine rings is 1. The van der Waals surface area contributed by atoms with Crippen molar-refractivity contribution >= 4 is 5.91 Å². The lowest BCUT2D eigenvalue weighted by Gasteiger charge is -2.41. The molecule has 1 saturated heterocycles. The van der Waals surface area contributed by atoms with Gasteiger partial charge < -0.3 is 10.1 Å². The van der Waals surface area contributed by atoms with Crippen LogP contribution in [-0.2, 0) is 24.3 Å². The van der Waals surface area contributed by atoms with Crippen LogP contribution in [0.25, 0.3) is 0 Å². The van der Waals surface area contributed by atoms with E-state index in [1.165, 1.54) is 11.1 Å². The maximum Gasteiger partial charge on any atom is 0.226 e. The van der Waals surface area contributed by atoms with E-state index in [0.29, 0.717) is 6.61 Å². The summed E-state index contributed by atoms with van der Waals surface area (Å²) in [7, 11) is 0. The van der Waals surface area contributed by atoms with Crippen molar-refractivity contribution < 1.29 is 9.53 Å². The summed E-state index contributed by atoms with van der Waals surface area (Å²) in [6.45, 7) is 10.5. The molecule has 6 heteroatoms. The van der Waals surface area contributed by atoms with E-state index in [1.807, 2.05) is 23.7 Å². The van der Waals surface area contributed by atoms with Crippen LogP contribution in [0, 0.1) is 12.3 Å². The number of fused-ring (bicyclic) bond motifs is 1. The number of nitrogens with one attached hydrogen (secondary N) is 1. The summed E-state index contributed by atoms with van der Waals surface area (Å²) in [5, 5.41) is 7.86. The SMILES string of the molecule is CCn1cc(CN2CCC3(CCCCc4ccccc4OC[C@@H](C)NC3=O)CC2)c(C)n1. The lowest BCUT2D eigenvalue weighted by molar-refractivity contribution is -0.135. The van der Waals surface area contributed by atoms with Crippen LogP contribution in [-0.4, -0.2) is 46.3 Å². The first-order chi connectivity index (χ1) is 15.5. The quantitative estimate of drug-likeness (QED) is 0.784. The molecule has 2 aliphatic rings. The molecule has 0 bridgehead atoms. The summed E-state index contributed by atoms with van der Waals surface area (Å²) in [6, 6.07) is 8.31. The Morgan fingerprint density at radius 1 is 1.19 bits per heavy atom. The van der Waals surface area contributed by atoms with Crippen LogP contribution < -0.4 is 10.1 Å². The summed E-state index contributed by atoms with van der Waals surface area (Å²) >= 11 is 0. The average Bonchev–Trinajstić information content (AvgIpc) is 3.15. The standard InChI is InChI=1S/C26H38N4O2/c1-4-30-18-23(21(3)28-30)17-29-15-13-26(14-16-29)12-8-7-10-22-9-5-6-11-24(22)32-19-20(2)27-25(26)31/h5-6,9,11,18,20H,4,7-8,10,12-17,19H2,1-3H3,(H,27,31)/t20-/m1/s1. The normalized spacial score (nSPS) is 22.3. The number of rotatable bonds is 3. The Balaban J connectivity index is 1.42. The molecule has 0 radical (unpaired) electrons. The third-order valence-electron chi connectivity index (χ3n) is 7.25. The number of aromatic nitrogens is 2. The van der Waals surface area contributed by atoms with Crippen LogP contribution >= 0.6 is 0 Å². The van der Waals surface area contributed by atoms with Gasteiger partial charge in [0.15, 0.2) is 0 Å². The summed E-state index contributed by atoms with van der Waals surface area (Å²) < 4.78 is 8.08. The van der Waals surface area contributed by atoms with Gasteiger partial charge in [-0.15, -0.1) is 0 Å². The monoisotopic (exact) mass is 438 g/mol. The van der Waals surface area contributed by atoms with E-state index >= 15 is 0 Å². The number of para-hydroxylation sites is 1. The second-order valence-corrected chi connectivity index (χ2v) is 9.65. The molecule has 1 spiro atoms. The van der Waals surface area contributed by atoms with Crippen LogP contribution in [0.15, 0.2) is 30.5 Å². The van der Waals surface area contributed by atoms with Gasteiger partial charge >= 0.3 is 0 Å². The molecular formula is C26H38N4O2. The van der Waals surface area contributed by atoms with Crippen molar-refractivity contribution in [3.63, 3.8) is 0 Å². The zero-order valence-corrected chi connectivity index (χ0v) is 19.9. The van der Waals surface area contributed by atoms with E-state index in [1.54, 1.807) is 0 Å². The molecule has 1 aromatic carbocycles. The van der Waals surface area contributed by atoms with Gasteiger partial charge in [0, 0.05) is 24.8 Å². The molecule has 2 aromatic rings. The highest BCUT2D eigenvalue weighted by molar-refractivity contribution is 5.83. The van der Waals surface area contributed by atoms with Gasteiger partial charge in [-0.25, -0.2) is 0 Å². The number of carbonyl (C=O) groups is 1. The van der Waals surface area contributed by atoms with Crippen molar-refractivity contribution in [3.8, 4) is 5.75 Å². The first kappa shape index (κ1) is 22.8. The molecule has 1 aromatic heterocycles. The molecule has 1 fully saturated rings. The second-order valence-electron chi connectivity index (χ2n) is 9.65. The number of nitrogens with zero attached hydrogens (tertiary/aromatic N) is 3. The fraction of sp³-hybridized carbons (Fsp3) is 0.615. The van der Waals surface area contributed by atoms with Gasteiger partial charge in [-0.2, -0.15) is 5.10 Å². The average molecular weight is 439 g/mol. The maximum absolute atomic E-state index is 13.4. The van der Waals surface area contributed by atoms with Crippen molar-refractivity contribution in [3.05, 3.63) is 47.3 Å².